The molecule has 120 valence electrons. The highest BCUT2D eigenvalue weighted by Gasteiger charge is 2.17. The van der Waals surface area contributed by atoms with E-state index in [9.17, 15) is 4.79 Å². The highest BCUT2D eigenvalue weighted by atomic mass is 16.4. The van der Waals surface area contributed by atoms with Crippen molar-refractivity contribution in [2.75, 3.05) is 0 Å². The van der Waals surface area contributed by atoms with Crippen LogP contribution in [0.1, 0.15) is 23.6 Å². The summed E-state index contributed by atoms with van der Waals surface area (Å²) in [6.07, 6.45) is 0.923. The van der Waals surface area contributed by atoms with Crippen molar-refractivity contribution in [3.8, 4) is 11.3 Å². The van der Waals surface area contributed by atoms with E-state index in [1.54, 1.807) is 0 Å². The topological polar surface area (TPSA) is 43.4 Å². The van der Waals surface area contributed by atoms with Crippen molar-refractivity contribution in [3.63, 3.8) is 0 Å². The van der Waals surface area contributed by atoms with Crippen LogP contribution in [0.3, 0.4) is 0 Å². The van der Waals surface area contributed by atoms with Gasteiger partial charge in [-0.2, -0.15) is 0 Å². The molecule has 0 unspecified atom stereocenters. The molecule has 2 aromatic heterocycles. The molecule has 0 aliphatic rings. The number of benzene rings is 2. The highest BCUT2D eigenvalue weighted by molar-refractivity contribution is 5.97. The Labute approximate surface area is 139 Å². The molecule has 3 nitrogen and oxygen atoms in total. The zero-order valence-corrected chi connectivity index (χ0v) is 14.0. The van der Waals surface area contributed by atoms with Crippen molar-refractivity contribution in [1.29, 1.82) is 0 Å². The van der Waals surface area contributed by atoms with Crippen LogP contribution in [0.5, 0.6) is 0 Å². The van der Waals surface area contributed by atoms with Gasteiger partial charge in [-0.05, 0) is 50.1 Å². The summed E-state index contributed by atoms with van der Waals surface area (Å²) in [7, 11) is 0. The van der Waals surface area contributed by atoms with Crippen LogP contribution < -0.4 is 5.63 Å². The molecule has 2 heterocycles. The fraction of sp³-hybridized carbons (Fsp3) is 0.190. The van der Waals surface area contributed by atoms with Crippen molar-refractivity contribution in [3.05, 3.63) is 69.6 Å². The molecule has 0 aliphatic heterocycles. The molecule has 4 aromatic rings. The van der Waals surface area contributed by atoms with Crippen LogP contribution in [0, 0.1) is 13.8 Å². The molecule has 0 saturated heterocycles. The third-order valence-electron chi connectivity index (χ3n) is 4.55. The lowest BCUT2D eigenvalue weighted by Crippen LogP contribution is -1.98. The van der Waals surface area contributed by atoms with E-state index in [1.807, 2.05) is 31.2 Å². The first-order chi connectivity index (χ1) is 11.6. The number of hydrogen-bond donors (Lipinski definition) is 0. The molecule has 4 rings (SSSR count). The summed E-state index contributed by atoms with van der Waals surface area (Å²) in [6, 6.07) is 13.6. The minimum atomic E-state index is -0.363. The average Bonchev–Trinajstić information content (AvgIpc) is 2.90. The van der Waals surface area contributed by atoms with Gasteiger partial charge in [-0.25, -0.2) is 4.79 Å². The number of furan rings is 1. The minimum absolute atomic E-state index is 0.363. The molecular weight excluding hydrogens is 300 g/mol. The molecule has 2 aromatic carbocycles. The van der Waals surface area contributed by atoms with Crippen LogP contribution >= 0.6 is 0 Å². The molecule has 0 saturated carbocycles. The molecule has 0 aliphatic carbocycles. The molecule has 0 N–H and O–H groups in total. The van der Waals surface area contributed by atoms with E-state index in [0.717, 1.165) is 39.7 Å². The SMILES string of the molecule is CCc1ccc2oc(=O)cc(-c3oc4ccc(C)cc4c3C)c2c1. The highest BCUT2D eigenvalue weighted by Crippen LogP contribution is 2.36. The Balaban J connectivity index is 2.09. The van der Waals surface area contributed by atoms with Crippen molar-refractivity contribution < 1.29 is 8.83 Å². The predicted molar refractivity (Wildman–Crippen MR) is 96.5 cm³/mol. The van der Waals surface area contributed by atoms with Gasteiger partial charge in [0.25, 0.3) is 0 Å². The van der Waals surface area contributed by atoms with E-state index in [0.29, 0.717) is 5.58 Å². The molecule has 24 heavy (non-hydrogen) atoms. The zero-order valence-electron chi connectivity index (χ0n) is 14.0. The number of aryl methyl sites for hydroxylation is 3. The number of rotatable bonds is 2. The first-order valence-corrected chi connectivity index (χ1v) is 8.13. The van der Waals surface area contributed by atoms with Crippen LogP contribution in [0.25, 0.3) is 33.3 Å². The van der Waals surface area contributed by atoms with Crippen LogP contribution in [-0.2, 0) is 6.42 Å². The lowest BCUT2D eigenvalue weighted by atomic mass is 10.0. The molecular formula is C21H18O3. The van der Waals surface area contributed by atoms with Gasteiger partial charge in [0.1, 0.15) is 16.9 Å². The van der Waals surface area contributed by atoms with Gasteiger partial charge in [-0.15, -0.1) is 0 Å². The summed E-state index contributed by atoms with van der Waals surface area (Å²) in [6.45, 7) is 6.20. The smallest absolute Gasteiger partial charge is 0.336 e. The zero-order chi connectivity index (χ0) is 16.8. The maximum Gasteiger partial charge on any atom is 0.336 e. The van der Waals surface area contributed by atoms with Crippen molar-refractivity contribution in [2.24, 2.45) is 0 Å². The summed E-state index contributed by atoms with van der Waals surface area (Å²) >= 11 is 0. The van der Waals surface area contributed by atoms with E-state index < -0.39 is 0 Å². The fourth-order valence-electron chi connectivity index (χ4n) is 3.21. The summed E-state index contributed by atoms with van der Waals surface area (Å²) in [5.41, 5.74) is 5.28. The number of hydrogen-bond acceptors (Lipinski definition) is 3. The predicted octanol–water partition coefficient (Wildman–Crippen LogP) is 5.39. The Morgan fingerprint density at radius 2 is 1.62 bits per heavy atom. The first kappa shape index (κ1) is 14.8. The van der Waals surface area contributed by atoms with E-state index in [-0.39, 0.29) is 5.63 Å². The van der Waals surface area contributed by atoms with Gasteiger partial charge in [0.15, 0.2) is 0 Å². The van der Waals surface area contributed by atoms with E-state index in [1.165, 1.54) is 17.2 Å². The summed E-state index contributed by atoms with van der Waals surface area (Å²) in [5.74, 6) is 0.738. The molecule has 0 atom stereocenters. The van der Waals surface area contributed by atoms with Crippen molar-refractivity contribution in [1.82, 2.24) is 0 Å². The van der Waals surface area contributed by atoms with Gasteiger partial charge in [-0.1, -0.05) is 24.6 Å². The maximum absolute atomic E-state index is 12.0. The Kier molecular flexibility index (Phi) is 3.31. The third kappa shape index (κ3) is 2.24. The van der Waals surface area contributed by atoms with Crippen LogP contribution in [0.2, 0.25) is 0 Å². The first-order valence-electron chi connectivity index (χ1n) is 8.13. The van der Waals surface area contributed by atoms with E-state index >= 15 is 0 Å². The largest absolute Gasteiger partial charge is 0.456 e. The summed E-state index contributed by atoms with van der Waals surface area (Å²) in [4.78, 5) is 12.0. The molecule has 0 bridgehead atoms. The average molecular weight is 318 g/mol. The Hall–Kier alpha value is -2.81. The second-order valence-electron chi connectivity index (χ2n) is 6.22. The van der Waals surface area contributed by atoms with E-state index in [2.05, 4.69) is 26.0 Å². The Morgan fingerprint density at radius 1 is 0.875 bits per heavy atom. The second kappa shape index (κ2) is 5.38. The lowest BCUT2D eigenvalue weighted by molar-refractivity contribution is 0.559. The van der Waals surface area contributed by atoms with Gasteiger partial charge in [0.05, 0.1) is 0 Å². The van der Waals surface area contributed by atoms with Crippen LogP contribution in [0.15, 0.2) is 56.1 Å². The number of fused-ring (bicyclic) bond motifs is 2. The third-order valence-corrected chi connectivity index (χ3v) is 4.55. The molecule has 0 radical (unpaired) electrons. The summed E-state index contributed by atoms with van der Waals surface area (Å²) < 4.78 is 11.5. The minimum Gasteiger partial charge on any atom is -0.456 e. The van der Waals surface area contributed by atoms with Crippen LogP contribution in [-0.4, -0.2) is 0 Å². The van der Waals surface area contributed by atoms with E-state index in [4.69, 9.17) is 8.83 Å². The molecule has 0 spiro atoms. The second-order valence-corrected chi connectivity index (χ2v) is 6.22. The van der Waals surface area contributed by atoms with Gasteiger partial charge >= 0.3 is 5.63 Å². The van der Waals surface area contributed by atoms with Crippen molar-refractivity contribution >= 4 is 21.9 Å². The van der Waals surface area contributed by atoms with Gasteiger partial charge in [-0.3, -0.25) is 0 Å². The molecule has 0 amide bonds. The van der Waals surface area contributed by atoms with Gasteiger partial charge in [0, 0.05) is 28.0 Å². The van der Waals surface area contributed by atoms with Gasteiger partial charge in [0.2, 0.25) is 0 Å². The van der Waals surface area contributed by atoms with Crippen molar-refractivity contribution in [2.45, 2.75) is 27.2 Å². The standard InChI is InChI=1S/C21H18O3/c1-4-14-6-8-19-16(10-14)17(11-20(22)23-19)21-13(3)15-9-12(2)5-7-18(15)24-21/h5-11H,4H2,1-3H3. The monoisotopic (exact) mass is 318 g/mol. The Morgan fingerprint density at radius 3 is 2.42 bits per heavy atom. The molecule has 3 heteroatoms. The van der Waals surface area contributed by atoms with Crippen LogP contribution in [0.4, 0.5) is 0 Å². The quantitative estimate of drug-likeness (QED) is 0.466. The fourth-order valence-corrected chi connectivity index (χ4v) is 3.21. The Bertz CT molecular complexity index is 1130. The maximum atomic E-state index is 12.0. The van der Waals surface area contributed by atoms with Gasteiger partial charge < -0.3 is 8.83 Å². The molecule has 0 fully saturated rings. The summed E-state index contributed by atoms with van der Waals surface area (Å²) in [5, 5.41) is 1.99. The lowest BCUT2D eigenvalue weighted by Gasteiger charge is -2.06. The normalized spacial score (nSPS) is 11.5.